The Labute approximate surface area is 88.9 Å². The fourth-order valence-electron chi connectivity index (χ4n) is 1.21. The van der Waals surface area contributed by atoms with Crippen LogP contribution in [-0.4, -0.2) is 6.29 Å². The van der Waals surface area contributed by atoms with Gasteiger partial charge in [0.2, 0.25) is 0 Å². The van der Waals surface area contributed by atoms with Gasteiger partial charge in [0.1, 0.15) is 4.34 Å². The van der Waals surface area contributed by atoms with E-state index in [1.165, 1.54) is 11.3 Å². The molecule has 0 N–H and O–H groups in total. The summed E-state index contributed by atoms with van der Waals surface area (Å²) in [4.78, 5) is 10.7. The maximum absolute atomic E-state index is 10.7. The van der Waals surface area contributed by atoms with E-state index in [1.54, 1.807) is 6.07 Å². The molecule has 4 heteroatoms. The van der Waals surface area contributed by atoms with E-state index in [1.807, 2.05) is 12.1 Å². The van der Waals surface area contributed by atoms with E-state index >= 15 is 0 Å². The van der Waals surface area contributed by atoms with Gasteiger partial charge >= 0.3 is 0 Å². The van der Waals surface area contributed by atoms with Crippen LogP contribution in [0.5, 0.6) is 0 Å². The number of fused-ring (bicyclic) bond motifs is 1. The van der Waals surface area contributed by atoms with Crippen molar-refractivity contribution in [1.29, 1.82) is 0 Å². The molecule has 1 aromatic heterocycles. The molecule has 0 radical (unpaired) electrons. The first-order valence-electron chi connectivity index (χ1n) is 3.55. The van der Waals surface area contributed by atoms with E-state index in [9.17, 15) is 4.79 Å². The zero-order valence-electron chi connectivity index (χ0n) is 6.38. The molecule has 2 aromatic rings. The Morgan fingerprint density at radius 3 is 2.77 bits per heavy atom. The Bertz CT molecular complexity index is 476. The largest absolute Gasteiger partial charge is 0.298 e. The molecule has 0 bridgehead atoms. The highest BCUT2D eigenvalue weighted by atomic mass is 35.5. The number of aldehydes is 1. The van der Waals surface area contributed by atoms with Gasteiger partial charge in [0.25, 0.3) is 0 Å². The predicted molar refractivity (Wildman–Crippen MR) is 57.2 cm³/mol. The van der Waals surface area contributed by atoms with Crippen molar-refractivity contribution >= 4 is 50.9 Å². The highest BCUT2D eigenvalue weighted by molar-refractivity contribution is 7.23. The van der Waals surface area contributed by atoms with Crippen molar-refractivity contribution in [2.45, 2.75) is 0 Å². The lowest BCUT2D eigenvalue weighted by atomic mass is 10.2. The van der Waals surface area contributed by atoms with Crippen molar-refractivity contribution < 1.29 is 4.79 Å². The first-order valence-corrected chi connectivity index (χ1v) is 5.13. The second-order valence-corrected chi connectivity index (χ2v) is 4.58. The summed E-state index contributed by atoms with van der Waals surface area (Å²) in [5.74, 6) is 0. The van der Waals surface area contributed by atoms with Gasteiger partial charge in [-0.2, -0.15) is 0 Å². The zero-order valence-corrected chi connectivity index (χ0v) is 8.71. The van der Waals surface area contributed by atoms with Crippen LogP contribution in [0.25, 0.3) is 10.1 Å². The van der Waals surface area contributed by atoms with Crippen molar-refractivity contribution in [1.82, 2.24) is 0 Å². The van der Waals surface area contributed by atoms with Gasteiger partial charge in [0.05, 0.1) is 10.6 Å². The second kappa shape index (κ2) is 3.29. The lowest BCUT2D eigenvalue weighted by molar-refractivity contribution is 0.112. The van der Waals surface area contributed by atoms with E-state index in [0.717, 1.165) is 16.4 Å². The zero-order chi connectivity index (χ0) is 9.42. The number of hydrogen-bond acceptors (Lipinski definition) is 2. The normalized spacial score (nSPS) is 10.6. The fraction of sp³-hybridized carbons (Fsp3) is 0. The second-order valence-electron chi connectivity index (χ2n) is 2.52. The van der Waals surface area contributed by atoms with Gasteiger partial charge in [-0.1, -0.05) is 29.3 Å². The molecule has 66 valence electrons. The SMILES string of the molecule is O=Cc1c(Cl)sc2cccc(Cl)c12. The summed E-state index contributed by atoms with van der Waals surface area (Å²) in [6.07, 6.45) is 0.743. The van der Waals surface area contributed by atoms with Crippen LogP contribution < -0.4 is 0 Å². The van der Waals surface area contributed by atoms with Crippen LogP contribution in [0.3, 0.4) is 0 Å². The molecule has 13 heavy (non-hydrogen) atoms. The molecule has 0 atom stereocenters. The molecule has 0 amide bonds. The summed E-state index contributed by atoms with van der Waals surface area (Å²) in [5.41, 5.74) is 0.493. The third-order valence-electron chi connectivity index (χ3n) is 1.77. The topological polar surface area (TPSA) is 17.1 Å². The van der Waals surface area contributed by atoms with Crippen molar-refractivity contribution in [3.05, 3.63) is 33.1 Å². The first-order chi connectivity index (χ1) is 6.24. The van der Waals surface area contributed by atoms with Crippen LogP contribution in [-0.2, 0) is 0 Å². The maximum Gasteiger partial charge on any atom is 0.153 e. The summed E-state index contributed by atoms with van der Waals surface area (Å²) in [6.45, 7) is 0. The van der Waals surface area contributed by atoms with Crippen LogP contribution in [0.2, 0.25) is 9.36 Å². The Balaban J connectivity index is 2.96. The van der Waals surface area contributed by atoms with Gasteiger partial charge in [0, 0.05) is 10.1 Å². The van der Waals surface area contributed by atoms with Gasteiger partial charge in [-0.05, 0) is 12.1 Å². The Hall–Kier alpha value is -0.570. The van der Waals surface area contributed by atoms with Crippen molar-refractivity contribution in [3.63, 3.8) is 0 Å². The Kier molecular flexibility index (Phi) is 2.28. The first kappa shape index (κ1) is 9.00. The van der Waals surface area contributed by atoms with Crippen LogP contribution in [0.15, 0.2) is 18.2 Å². The monoisotopic (exact) mass is 230 g/mol. The van der Waals surface area contributed by atoms with E-state index in [-0.39, 0.29) is 0 Å². The molecule has 1 heterocycles. The van der Waals surface area contributed by atoms with E-state index < -0.39 is 0 Å². The third-order valence-corrected chi connectivity index (χ3v) is 3.48. The van der Waals surface area contributed by atoms with E-state index in [4.69, 9.17) is 23.2 Å². The van der Waals surface area contributed by atoms with Gasteiger partial charge < -0.3 is 0 Å². The molecule has 0 aliphatic carbocycles. The highest BCUT2D eigenvalue weighted by Gasteiger charge is 2.11. The molecule has 0 saturated heterocycles. The summed E-state index contributed by atoms with van der Waals surface area (Å²) in [7, 11) is 0. The Morgan fingerprint density at radius 2 is 2.08 bits per heavy atom. The van der Waals surface area contributed by atoms with Gasteiger partial charge in [-0.3, -0.25) is 4.79 Å². The molecule has 0 unspecified atom stereocenters. The van der Waals surface area contributed by atoms with Crippen LogP contribution in [0, 0.1) is 0 Å². The summed E-state index contributed by atoms with van der Waals surface area (Å²) in [5, 5.41) is 1.33. The van der Waals surface area contributed by atoms with E-state index in [0.29, 0.717) is 14.9 Å². The lowest BCUT2D eigenvalue weighted by Crippen LogP contribution is -1.77. The van der Waals surface area contributed by atoms with Crippen molar-refractivity contribution in [2.75, 3.05) is 0 Å². The molecule has 0 spiro atoms. The van der Waals surface area contributed by atoms with Crippen molar-refractivity contribution in [3.8, 4) is 0 Å². The molecule has 2 rings (SSSR count). The summed E-state index contributed by atoms with van der Waals surface area (Å²) >= 11 is 13.2. The molecular weight excluding hydrogens is 227 g/mol. The minimum Gasteiger partial charge on any atom is -0.298 e. The smallest absolute Gasteiger partial charge is 0.153 e. The third kappa shape index (κ3) is 1.35. The number of halogens is 2. The maximum atomic E-state index is 10.7. The number of benzene rings is 1. The predicted octanol–water partition coefficient (Wildman–Crippen LogP) is 4.02. The molecular formula is C9H4Cl2OS. The molecule has 1 nitrogen and oxygen atoms in total. The highest BCUT2D eigenvalue weighted by Crippen LogP contribution is 2.37. The quantitative estimate of drug-likeness (QED) is 0.677. The standard InChI is InChI=1S/C9H4Cl2OS/c10-6-2-1-3-7-8(6)5(4-12)9(11)13-7/h1-4H. The van der Waals surface area contributed by atoms with Crippen LogP contribution in [0.4, 0.5) is 0 Å². The molecule has 0 aliphatic heterocycles. The van der Waals surface area contributed by atoms with Crippen LogP contribution in [0.1, 0.15) is 10.4 Å². The minimum atomic E-state index is 0.493. The van der Waals surface area contributed by atoms with E-state index in [2.05, 4.69) is 0 Å². The average molecular weight is 231 g/mol. The lowest BCUT2D eigenvalue weighted by Gasteiger charge is -1.92. The summed E-state index contributed by atoms with van der Waals surface area (Å²) < 4.78 is 1.44. The Morgan fingerprint density at radius 1 is 1.31 bits per heavy atom. The molecule has 0 fully saturated rings. The number of thiophene rings is 1. The number of carbonyl (C=O) groups is 1. The number of carbonyl (C=O) groups excluding carboxylic acids is 1. The number of hydrogen-bond donors (Lipinski definition) is 0. The summed E-state index contributed by atoms with van der Waals surface area (Å²) in [6, 6.07) is 5.48. The average Bonchev–Trinajstić information content (AvgIpc) is 2.42. The molecule has 1 aromatic carbocycles. The van der Waals surface area contributed by atoms with Gasteiger partial charge in [-0.15, -0.1) is 11.3 Å². The number of rotatable bonds is 1. The van der Waals surface area contributed by atoms with Crippen molar-refractivity contribution in [2.24, 2.45) is 0 Å². The molecule has 0 aliphatic rings. The molecule has 0 saturated carbocycles. The van der Waals surface area contributed by atoms with Gasteiger partial charge in [-0.25, -0.2) is 0 Å². The van der Waals surface area contributed by atoms with Crippen LogP contribution >= 0.6 is 34.5 Å². The minimum absolute atomic E-state index is 0.493. The fourth-order valence-corrected chi connectivity index (χ4v) is 2.85. The van der Waals surface area contributed by atoms with Gasteiger partial charge in [0.15, 0.2) is 6.29 Å².